The number of ether oxygens (including phenoxy) is 1. The van der Waals surface area contributed by atoms with Gasteiger partial charge >= 0.3 is 5.97 Å². The molecule has 0 N–H and O–H groups in total. The number of esters is 1. The summed E-state index contributed by atoms with van der Waals surface area (Å²) >= 11 is 0. The first-order valence-corrected chi connectivity index (χ1v) is 6.99. The Morgan fingerprint density at radius 1 is 0.958 bits per heavy atom. The van der Waals surface area contributed by atoms with Crippen molar-refractivity contribution in [3.63, 3.8) is 0 Å². The maximum absolute atomic E-state index is 12.0. The molecule has 0 atom stereocenters. The minimum atomic E-state index is -0.736. The number of non-ortho nitro benzene ring substituents is 1. The molecule has 7 nitrogen and oxygen atoms in total. The molecule has 7 heteroatoms. The van der Waals surface area contributed by atoms with Crippen LogP contribution in [0.2, 0.25) is 0 Å². The van der Waals surface area contributed by atoms with Crippen molar-refractivity contribution in [3.8, 4) is 17.1 Å². The second-order valence-corrected chi connectivity index (χ2v) is 4.82. The minimum Gasteiger partial charge on any atom is -0.402 e. The Labute approximate surface area is 136 Å². The summed E-state index contributed by atoms with van der Waals surface area (Å²) in [5, 5.41) is 18.6. The van der Waals surface area contributed by atoms with Gasteiger partial charge in [-0.2, -0.15) is 0 Å². The van der Waals surface area contributed by atoms with E-state index in [9.17, 15) is 14.9 Å². The van der Waals surface area contributed by atoms with Crippen LogP contribution in [0, 0.1) is 10.1 Å². The highest BCUT2D eigenvalue weighted by atomic mass is 16.6. The highest BCUT2D eigenvalue weighted by molar-refractivity contribution is 5.91. The van der Waals surface area contributed by atoms with Gasteiger partial charge in [0.05, 0.1) is 16.2 Å². The van der Waals surface area contributed by atoms with E-state index in [0.717, 1.165) is 11.6 Å². The molecule has 0 aliphatic carbocycles. The van der Waals surface area contributed by atoms with Gasteiger partial charge in [0, 0.05) is 23.8 Å². The van der Waals surface area contributed by atoms with E-state index in [1.807, 2.05) is 30.3 Å². The zero-order valence-electron chi connectivity index (χ0n) is 12.3. The van der Waals surface area contributed by atoms with E-state index in [-0.39, 0.29) is 17.1 Å². The highest BCUT2D eigenvalue weighted by Crippen LogP contribution is 2.18. The van der Waals surface area contributed by atoms with Crippen LogP contribution in [-0.2, 0) is 0 Å². The number of aromatic nitrogens is 2. The number of carbonyl (C=O) groups is 1. The van der Waals surface area contributed by atoms with Gasteiger partial charge < -0.3 is 4.74 Å². The highest BCUT2D eigenvalue weighted by Gasteiger charge is 2.14. The molecule has 0 amide bonds. The zero-order valence-corrected chi connectivity index (χ0v) is 12.3. The fourth-order valence-corrected chi connectivity index (χ4v) is 2.04. The first-order valence-electron chi connectivity index (χ1n) is 6.99. The van der Waals surface area contributed by atoms with Gasteiger partial charge in [0.1, 0.15) is 0 Å². The number of nitrogens with zero attached hydrogens (tertiary/aromatic N) is 3. The number of hydrogen-bond donors (Lipinski definition) is 0. The molecule has 0 fully saturated rings. The molecular weight excluding hydrogens is 310 g/mol. The fourth-order valence-electron chi connectivity index (χ4n) is 2.04. The molecule has 3 aromatic rings. The summed E-state index contributed by atoms with van der Waals surface area (Å²) in [7, 11) is 0. The molecule has 0 bridgehead atoms. The van der Waals surface area contributed by atoms with Gasteiger partial charge in [-0.1, -0.05) is 36.4 Å². The summed E-state index contributed by atoms with van der Waals surface area (Å²) in [6.45, 7) is 0. The summed E-state index contributed by atoms with van der Waals surface area (Å²) in [6.07, 6.45) is 0. The number of nitro groups is 1. The van der Waals surface area contributed by atoms with Crippen LogP contribution in [0.3, 0.4) is 0 Å². The van der Waals surface area contributed by atoms with E-state index in [4.69, 9.17) is 4.74 Å². The standard InChI is InChI=1S/C17H11N3O4/c21-17(13-7-4-8-14(11-13)20(22)23)24-16-10-9-15(18-19-16)12-5-2-1-3-6-12/h1-11H. The molecule has 3 rings (SSSR count). The van der Waals surface area contributed by atoms with E-state index < -0.39 is 10.9 Å². The van der Waals surface area contributed by atoms with Gasteiger partial charge in [0.25, 0.3) is 5.69 Å². The van der Waals surface area contributed by atoms with Gasteiger partial charge in [0.2, 0.25) is 5.88 Å². The lowest BCUT2D eigenvalue weighted by Crippen LogP contribution is -2.10. The topological polar surface area (TPSA) is 95.2 Å². The summed E-state index contributed by atoms with van der Waals surface area (Å²) in [5.41, 5.74) is 1.42. The van der Waals surface area contributed by atoms with Crippen molar-refractivity contribution in [1.29, 1.82) is 0 Å². The van der Waals surface area contributed by atoms with E-state index in [1.165, 1.54) is 24.3 Å². The monoisotopic (exact) mass is 321 g/mol. The second kappa shape index (κ2) is 6.66. The molecule has 0 saturated carbocycles. The summed E-state index contributed by atoms with van der Waals surface area (Å²) in [4.78, 5) is 22.2. The van der Waals surface area contributed by atoms with E-state index in [0.29, 0.717) is 5.69 Å². The Balaban J connectivity index is 1.75. The van der Waals surface area contributed by atoms with Crippen LogP contribution in [0.15, 0.2) is 66.7 Å². The predicted molar refractivity (Wildman–Crippen MR) is 85.5 cm³/mol. The van der Waals surface area contributed by atoms with Crippen LogP contribution >= 0.6 is 0 Å². The Hall–Kier alpha value is -3.61. The van der Waals surface area contributed by atoms with Crippen molar-refractivity contribution in [2.45, 2.75) is 0 Å². The van der Waals surface area contributed by atoms with Gasteiger partial charge in [-0.3, -0.25) is 10.1 Å². The van der Waals surface area contributed by atoms with Crippen molar-refractivity contribution in [3.05, 3.63) is 82.4 Å². The van der Waals surface area contributed by atoms with Gasteiger partial charge in [-0.15, -0.1) is 10.2 Å². The Bertz CT molecular complexity index is 880. The Morgan fingerprint density at radius 2 is 1.75 bits per heavy atom. The number of benzene rings is 2. The molecule has 0 unspecified atom stereocenters. The SMILES string of the molecule is O=C(Oc1ccc(-c2ccccc2)nn1)c1cccc([N+](=O)[O-])c1. The van der Waals surface area contributed by atoms with Gasteiger partial charge in [-0.05, 0) is 12.1 Å². The third-order valence-electron chi connectivity index (χ3n) is 3.20. The van der Waals surface area contributed by atoms with E-state index >= 15 is 0 Å². The lowest BCUT2D eigenvalue weighted by atomic mass is 10.1. The average molecular weight is 321 g/mol. The second-order valence-electron chi connectivity index (χ2n) is 4.82. The molecule has 1 heterocycles. The molecule has 118 valence electrons. The number of nitro benzene ring substituents is 1. The maximum atomic E-state index is 12.0. The predicted octanol–water partition coefficient (Wildman–Crippen LogP) is 3.27. The van der Waals surface area contributed by atoms with Crippen LogP contribution in [0.1, 0.15) is 10.4 Å². The first kappa shape index (κ1) is 15.3. The Morgan fingerprint density at radius 3 is 2.42 bits per heavy atom. The molecule has 24 heavy (non-hydrogen) atoms. The zero-order chi connectivity index (χ0) is 16.9. The molecule has 0 spiro atoms. The van der Waals surface area contributed by atoms with Crippen LogP contribution in [-0.4, -0.2) is 21.1 Å². The molecule has 0 radical (unpaired) electrons. The molecule has 2 aromatic carbocycles. The van der Waals surface area contributed by atoms with Crippen molar-refractivity contribution in [1.82, 2.24) is 10.2 Å². The van der Waals surface area contributed by atoms with Gasteiger partial charge in [-0.25, -0.2) is 4.79 Å². The smallest absolute Gasteiger partial charge is 0.345 e. The molecular formula is C17H11N3O4. The van der Waals surface area contributed by atoms with E-state index in [2.05, 4.69) is 10.2 Å². The normalized spacial score (nSPS) is 10.2. The van der Waals surface area contributed by atoms with Crippen LogP contribution in [0.25, 0.3) is 11.3 Å². The largest absolute Gasteiger partial charge is 0.402 e. The third kappa shape index (κ3) is 3.41. The molecule has 0 saturated heterocycles. The number of carbonyl (C=O) groups excluding carboxylic acids is 1. The van der Waals surface area contributed by atoms with Crippen LogP contribution < -0.4 is 4.74 Å². The molecule has 1 aromatic heterocycles. The average Bonchev–Trinajstić information content (AvgIpc) is 2.63. The maximum Gasteiger partial charge on any atom is 0.345 e. The lowest BCUT2D eigenvalue weighted by Gasteiger charge is -2.04. The quantitative estimate of drug-likeness (QED) is 0.416. The van der Waals surface area contributed by atoms with Crippen LogP contribution in [0.5, 0.6) is 5.88 Å². The van der Waals surface area contributed by atoms with E-state index in [1.54, 1.807) is 6.07 Å². The Kier molecular flexibility index (Phi) is 4.24. The summed E-state index contributed by atoms with van der Waals surface area (Å²) < 4.78 is 5.09. The number of hydrogen-bond acceptors (Lipinski definition) is 6. The summed E-state index contributed by atoms with van der Waals surface area (Å²) in [5.74, 6) is -0.716. The lowest BCUT2D eigenvalue weighted by molar-refractivity contribution is -0.384. The summed E-state index contributed by atoms with van der Waals surface area (Å²) in [6, 6.07) is 17.9. The van der Waals surface area contributed by atoms with Crippen molar-refractivity contribution >= 4 is 11.7 Å². The van der Waals surface area contributed by atoms with Gasteiger partial charge in [0.15, 0.2) is 0 Å². The van der Waals surface area contributed by atoms with Crippen LogP contribution in [0.4, 0.5) is 5.69 Å². The third-order valence-corrected chi connectivity index (χ3v) is 3.20. The number of rotatable bonds is 4. The van der Waals surface area contributed by atoms with Crippen molar-refractivity contribution in [2.75, 3.05) is 0 Å². The molecule has 0 aliphatic rings. The fraction of sp³-hybridized carbons (Fsp3) is 0. The first-order chi connectivity index (χ1) is 11.6. The minimum absolute atomic E-state index is 0.0196. The molecule has 0 aliphatic heterocycles. The van der Waals surface area contributed by atoms with Crippen molar-refractivity contribution in [2.24, 2.45) is 0 Å². The van der Waals surface area contributed by atoms with Crippen molar-refractivity contribution < 1.29 is 14.5 Å².